The minimum absolute atomic E-state index is 0.137. The maximum Gasteiger partial charge on any atom is 0.161 e. The molecule has 2 aromatic rings. The Hall–Kier alpha value is -2.46. The number of para-hydroxylation sites is 2. The summed E-state index contributed by atoms with van der Waals surface area (Å²) in [6.45, 7) is 6.94. The van der Waals surface area contributed by atoms with Crippen molar-refractivity contribution in [2.75, 3.05) is 20.3 Å². The predicted molar refractivity (Wildman–Crippen MR) is 136 cm³/mol. The van der Waals surface area contributed by atoms with E-state index < -0.39 is 20.3 Å². The Labute approximate surface area is 199 Å². The van der Waals surface area contributed by atoms with Crippen LogP contribution in [0.4, 0.5) is 0 Å². The molecule has 0 unspecified atom stereocenters. The number of aliphatic hydroxyl groups excluding tert-OH is 2. The minimum Gasteiger partial charge on any atom is -0.497 e. The molecule has 2 rings (SSSR count). The van der Waals surface area contributed by atoms with Gasteiger partial charge in [0, 0.05) is 12.8 Å². The van der Waals surface area contributed by atoms with Crippen LogP contribution in [0.1, 0.15) is 32.8 Å². The van der Waals surface area contributed by atoms with Crippen LogP contribution < -0.4 is 14.2 Å². The molecular formula is C27H38O5Si. The molecule has 0 heterocycles. The summed E-state index contributed by atoms with van der Waals surface area (Å²) < 4.78 is 16.8. The zero-order chi connectivity index (χ0) is 24.1. The Kier molecular flexibility index (Phi) is 11.3. The third-order valence-electron chi connectivity index (χ3n) is 6.06. The summed E-state index contributed by atoms with van der Waals surface area (Å²) in [4.78, 5) is 0. The number of benzene rings is 2. The second-order valence-corrected chi connectivity index (χ2v) is 13.2. The zero-order valence-electron chi connectivity index (χ0n) is 20.3. The highest BCUT2D eigenvalue weighted by Gasteiger charge is 2.24. The lowest BCUT2D eigenvalue weighted by atomic mass is 10.1. The fraction of sp³-hybridized carbons (Fsp3) is 0.481. The van der Waals surface area contributed by atoms with E-state index in [0.29, 0.717) is 24.3 Å². The molecule has 2 N–H and O–H groups in total. The lowest BCUT2D eigenvalue weighted by Gasteiger charge is -2.20. The van der Waals surface area contributed by atoms with E-state index in [1.165, 1.54) is 0 Å². The van der Waals surface area contributed by atoms with Gasteiger partial charge in [-0.1, -0.05) is 45.0 Å². The molecule has 0 radical (unpaired) electrons. The van der Waals surface area contributed by atoms with E-state index in [1.54, 1.807) is 19.2 Å². The number of hydrogen-bond acceptors (Lipinski definition) is 5. The second-order valence-electron chi connectivity index (χ2n) is 8.28. The summed E-state index contributed by atoms with van der Waals surface area (Å²) in [5.74, 6) is 5.08. The fourth-order valence-electron chi connectivity index (χ4n) is 3.58. The van der Waals surface area contributed by atoms with Gasteiger partial charge in [-0.15, -0.1) is 11.5 Å². The molecule has 2 atom stereocenters. The van der Waals surface area contributed by atoms with Crippen molar-refractivity contribution in [1.29, 1.82) is 0 Å². The summed E-state index contributed by atoms with van der Waals surface area (Å²) in [5, 5.41) is 20.7. The van der Waals surface area contributed by atoms with Crippen molar-refractivity contribution in [3.63, 3.8) is 0 Å². The van der Waals surface area contributed by atoms with Gasteiger partial charge in [-0.2, -0.15) is 0 Å². The summed E-state index contributed by atoms with van der Waals surface area (Å²) in [6.07, 6.45) is -0.447. The van der Waals surface area contributed by atoms with Crippen LogP contribution in [-0.2, 0) is 6.42 Å². The highest BCUT2D eigenvalue weighted by molar-refractivity contribution is 6.87. The summed E-state index contributed by atoms with van der Waals surface area (Å²) in [7, 11) is 0.128. The van der Waals surface area contributed by atoms with Gasteiger partial charge in [-0.25, -0.2) is 0 Å². The van der Waals surface area contributed by atoms with Gasteiger partial charge in [-0.3, -0.25) is 0 Å². The smallest absolute Gasteiger partial charge is 0.161 e. The van der Waals surface area contributed by atoms with Crippen molar-refractivity contribution < 1.29 is 24.4 Å². The highest BCUT2D eigenvalue weighted by Crippen LogP contribution is 2.27. The van der Waals surface area contributed by atoms with Crippen molar-refractivity contribution in [1.82, 2.24) is 0 Å². The zero-order valence-corrected chi connectivity index (χ0v) is 21.3. The van der Waals surface area contributed by atoms with Gasteiger partial charge < -0.3 is 24.4 Å². The normalized spacial score (nSPS) is 12.9. The van der Waals surface area contributed by atoms with E-state index in [9.17, 15) is 10.2 Å². The van der Waals surface area contributed by atoms with E-state index >= 15 is 0 Å². The van der Waals surface area contributed by atoms with Crippen LogP contribution in [0.2, 0.25) is 18.1 Å². The van der Waals surface area contributed by atoms with Crippen LogP contribution in [0.25, 0.3) is 0 Å². The Morgan fingerprint density at radius 3 is 1.88 bits per heavy atom. The van der Waals surface area contributed by atoms with Crippen molar-refractivity contribution in [2.45, 2.75) is 64.0 Å². The molecule has 0 amide bonds. The van der Waals surface area contributed by atoms with E-state index in [0.717, 1.165) is 29.4 Å². The SMILES string of the molecule is CC[Si](C#CC[C@@H](O)COc1ccccc1OC[C@@H](O)Cc1ccc(OC)cc1)(CC)CC. The summed E-state index contributed by atoms with van der Waals surface area (Å²) in [6, 6.07) is 18.3. The highest BCUT2D eigenvalue weighted by atomic mass is 28.3. The number of rotatable bonds is 13. The first-order chi connectivity index (χ1) is 15.9. The molecule has 180 valence electrons. The first kappa shape index (κ1) is 26.8. The fourth-order valence-corrected chi connectivity index (χ4v) is 6.09. The average Bonchev–Trinajstić information content (AvgIpc) is 2.85. The molecule has 2 aromatic carbocycles. The first-order valence-corrected chi connectivity index (χ1v) is 14.4. The van der Waals surface area contributed by atoms with Gasteiger partial charge in [-0.05, 0) is 48.0 Å². The molecule has 0 bridgehead atoms. The lowest BCUT2D eigenvalue weighted by molar-refractivity contribution is 0.0950. The minimum atomic E-state index is -1.50. The van der Waals surface area contributed by atoms with Gasteiger partial charge in [0.15, 0.2) is 11.5 Å². The van der Waals surface area contributed by atoms with Crippen molar-refractivity contribution in [3.8, 4) is 28.7 Å². The van der Waals surface area contributed by atoms with Gasteiger partial charge in [0.05, 0.1) is 19.3 Å². The molecule has 0 spiro atoms. The molecule has 0 saturated carbocycles. The molecule has 0 aliphatic carbocycles. The molecule has 0 saturated heterocycles. The summed E-state index contributed by atoms with van der Waals surface area (Å²) in [5.41, 5.74) is 4.50. The van der Waals surface area contributed by atoms with Gasteiger partial charge in [0.25, 0.3) is 0 Å². The first-order valence-electron chi connectivity index (χ1n) is 11.8. The Balaban J connectivity index is 1.85. The molecule has 0 aliphatic rings. The second kappa shape index (κ2) is 13.9. The quantitative estimate of drug-likeness (QED) is 0.323. The molecule has 33 heavy (non-hydrogen) atoms. The van der Waals surface area contributed by atoms with Gasteiger partial charge >= 0.3 is 0 Å². The summed E-state index contributed by atoms with van der Waals surface area (Å²) >= 11 is 0. The third kappa shape index (κ3) is 8.77. The molecule has 0 aliphatic heterocycles. The number of aliphatic hydroxyl groups is 2. The van der Waals surface area contributed by atoms with Crippen LogP contribution in [0, 0.1) is 11.5 Å². The molecule has 0 fully saturated rings. The number of methoxy groups -OCH3 is 1. The van der Waals surface area contributed by atoms with Crippen LogP contribution in [0.5, 0.6) is 17.2 Å². The van der Waals surface area contributed by atoms with E-state index in [2.05, 4.69) is 32.2 Å². The standard InChI is InChI=1S/C27H38O5Si/c1-5-33(6-2,7-3)18-10-11-23(28)20-31-26-12-8-9-13-27(26)32-21-24(29)19-22-14-16-25(30-4)17-15-22/h8-9,12-17,23-24,28-29H,5-7,11,19-21H2,1-4H3/t23-,24+/m1/s1. The molecule has 5 nitrogen and oxygen atoms in total. The molecular weight excluding hydrogens is 432 g/mol. The van der Waals surface area contributed by atoms with Crippen molar-refractivity contribution in [2.24, 2.45) is 0 Å². The average molecular weight is 471 g/mol. The Morgan fingerprint density at radius 2 is 1.36 bits per heavy atom. The largest absolute Gasteiger partial charge is 0.497 e. The van der Waals surface area contributed by atoms with Gasteiger partial charge in [0.1, 0.15) is 27.0 Å². The number of hydrogen-bond donors (Lipinski definition) is 2. The maximum atomic E-state index is 10.4. The van der Waals surface area contributed by atoms with Crippen LogP contribution in [0.3, 0.4) is 0 Å². The van der Waals surface area contributed by atoms with Crippen molar-refractivity contribution >= 4 is 8.07 Å². The lowest BCUT2D eigenvalue weighted by Crippen LogP contribution is -2.29. The maximum absolute atomic E-state index is 10.4. The molecule has 6 heteroatoms. The van der Waals surface area contributed by atoms with Crippen LogP contribution in [0.15, 0.2) is 48.5 Å². The Morgan fingerprint density at radius 1 is 0.818 bits per heavy atom. The van der Waals surface area contributed by atoms with E-state index in [1.807, 2.05) is 36.4 Å². The van der Waals surface area contributed by atoms with Crippen LogP contribution in [-0.4, -0.2) is 50.8 Å². The predicted octanol–water partition coefficient (Wildman–Crippen LogP) is 4.86. The van der Waals surface area contributed by atoms with Gasteiger partial charge in [0.2, 0.25) is 0 Å². The Bertz CT molecular complexity index is 875. The number of ether oxygens (including phenoxy) is 3. The van der Waals surface area contributed by atoms with Crippen molar-refractivity contribution in [3.05, 3.63) is 54.1 Å². The van der Waals surface area contributed by atoms with Crippen LogP contribution >= 0.6 is 0 Å². The monoisotopic (exact) mass is 470 g/mol. The molecule has 0 aromatic heterocycles. The van der Waals surface area contributed by atoms with E-state index in [-0.39, 0.29) is 13.2 Å². The third-order valence-corrected chi connectivity index (χ3v) is 10.8. The topological polar surface area (TPSA) is 68.2 Å². The van der Waals surface area contributed by atoms with E-state index in [4.69, 9.17) is 14.2 Å².